The molecule has 1 N–H and O–H groups in total. The monoisotopic (exact) mass is 243 g/mol. The van der Waals surface area contributed by atoms with Gasteiger partial charge in [0.05, 0.1) is 5.75 Å². The first-order chi connectivity index (χ1) is 7.42. The molecule has 0 radical (unpaired) electrons. The quantitative estimate of drug-likeness (QED) is 0.820. The molecular formula is C10H17N3O2S. The third kappa shape index (κ3) is 4.06. The summed E-state index contributed by atoms with van der Waals surface area (Å²) < 4.78 is 22.1. The van der Waals surface area contributed by atoms with Gasteiger partial charge in [-0.3, -0.25) is 0 Å². The van der Waals surface area contributed by atoms with Gasteiger partial charge in [0.25, 0.3) is 0 Å². The molecule has 0 aliphatic rings. The molecule has 1 aromatic heterocycles. The highest BCUT2D eigenvalue weighted by Crippen LogP contribution is 2.15. The Labute approximate surface area is 96.4 Å². The molecule has 1 rings (SSSR count). The van der Waals surface area contributed by atoms with E-state index in [1.165, 1.54) is 6.26 Å². The SMILES string of the molecule is CNc1cc(N(C)CCS(C)(=O)=O)ccn1. The van der Waals surface area contributed by atoms with Crippen molar-refractivity contribution in [3.05, 3.63) is 18.3 Å². The lowest BCUT2D eigenvalue weighted by Gasteiger charge is -2.19. The lowest BCUT2D eigenvalue weighted by atomic mass is 10.3. The summed E-state index contributed by atoms with van der Waals surface area (Å²) >= 11 is 0. The van der Waals surface area contributed by atoms with E-state index in [0.29, 0.717) is 6.54 Å². The molecule has 90 valence electrons. The summed E-state index contributed by atoms with van der Waals surface area (Å²) in [5.41, 5.74) is 0.947. The zero-order valence-electron chi connectivity index (χ0n) is 9.77. The van der Waals surface area contributed by atoms with Gasteiger partial charge < -0.3 is 10.2 Å². The second-order valence-corrected chi connectivity index (χ2v) is 5.96. The number of nitrogens with zero attached hydrogens (tertiary/aromatic N) is 2. The Bertz CT molecular complexity index is 445. The fraction of sp³-hybridized carbons (Fsp3) is 0.500. The van der Waals surface area contributed by atoms with Gasteiger partial charge in [-0.15, -0.1) is 0 Å². The number of aromatic nitrogens is 1. The summed E-state index contributed by atoms with van der Waals surface area (Å²) in [5, 5.41) is 2.94. The Kier molecular flexibility index (Phi) is 4.12. The Balaban J connectivity index is 2.69. The molecule has 0 aromatic carbocycles. The first-order valence-corrected chi connectivity index (χ1v) is 7.01. The van der Waals surface area contributed by atoms with Crippen LogP contribution in [0.1, 0.15) is 0 Å². The van der Waals surface area contributed by atoms with Crippen molar-refractivity contribution < 1.29 is 8.42 Å². The Morgan fingerprint density at radius 2 is 2.19 bits per heavy atom. The van der Waals surface area contributed by atoms with Crippen LogP contribution in [0.4, 0.5) is 11.5 Å². The van der Waals surface area contributed by atoms with Crippen LogP contribution in [-0.2, 0) is 9.84 Å². The van der Waals surface area contributed by atoms with Crippen molar-refractivity contribution in [2.45, 2.75) is 0 Å². The molecule has 5 nitrogen and oxygen atoms in total. The number of rotatable bonds is 5. The number of hydrogen-bond acceptors (Lipinski definition) is 5. The number of pyridine rings is 1. The molecule has 0 amide bonds. The molecular weight excluding hydrogens is 226 g/mol. The van der Waals surface area contributed by atoms with Gasteiger partial charge in [0.1, 0.15) is 15.7 Å². The van der Waals surface area contributed by atoms with Crippen LogP contribution in [0.15, 0.2) is 18.3 Å². The first kappa shape index (κ1) is 12.8. The summed E-state index contributed by atoms with van der Waals surface area (Å²) in [7, 11) is 0.740. The first-order valence-electron chi connectivity index (χ1n) is 4.95. The van der Waals surface area contributed by atoms with Crippen LogP contribution in [0.5, 0.6) is 0 Å². The summed E-state index contributed by atoms with van der Waals surface area (Å²) in [6.45, 7) is 0.478. The van der Waals surface area contributed by atoms with Crippen LogP contribution >= 0.6 is 0 Å². The second kappa shape index (κ2) is 5.16. The van der Waals surface area contributed by atoms with E-state index in [4.69, 9.17) is 0 Å². The maximum atomic E-state index is 11.0. The van der Waals surface area contributed by atoms with Crippen LogP contribution in [-0.4, -0.2) is 46.1 Å². The largest absolute Gasteiger partial charge is 0.373 e. The Morgan fingerprint density at radius 1 is 1.50 bits per heavy atom. The molecule has 0 saturated carbocycles. The molecule has 16 heavy (non-hydrogen) atoms. The van der Waals surface area contributed by atoms with E-state index in [9.17, 15) is 8.42 Å². The Hall–Kier alpha value is -1.30. The van der Waals surface area contributed by atoms with Gasteiger partial charge in [-0.05, 0) is 6.07 Å². The third-order valence-electron chi connectivity index (χ3n) is 2.24. The average Bonchev–Trinajstić information content (AvgIpc) is 2.25. The Morgan fingerprint density at radius 3 is 2.75 bits per heavy atom. The lowest BCUT2D eigenvalue weighted by molar-refractivity contribution is 0.601. The molecule has 0 aliphatic heterocycles. The highest BCUT2D eigenvalue weighted by atomic mass is 32.2. The summed E-state index contributed by atoms with van der Waals surface area (Å²) in [6, 6.07) is 3.73. The molecule has 6 heteroatoms. The van der Waals surface area contributed by atoms with E-state index < -0.39 is 9.84 Å². The van der Waals surface area contributed by atoms with Gasteiger partial charge in [0, 0.05) is 44.8 Å². The van der Waals surface area contributed by atoms with E-state index in [2.05, 4.69) is 10.3 Å². The molecule has 0 saturated heterocycles. The fourth-order valence-corrected chi connectivity index (χ4v) is 1.83. The van der Waals surface area contributed by atoms with Crippen LogP contribution in [0, 0.1) is 0 Å². The van der Waals surface area contributed by atoms with Crippen LogP contribution in [0.3, 0.4) is 0 Å². The van der Waals surface area contributed by atoms with Crippen LogP contribution < -0.4 is 10.2 Å². The highest BCUT2D eigenvalue weighted by molar-refractivity contribution is 7.90. The molecule has 0 spiro atoms. The van der Waals surface area contributed by atoms with Crippen molar-refractivity contribution in [1.29, 1.82) is 0 Å². The minimum atomic E-state index is -2.92. The minimum absolute atomic E-state index is 0.153. The predicted octanol–water partition coefficient (Wildman–Crippen LogP) is 0.604. The van der Waals surface area contributed by atoms with E-state index in [-0.39, 0.29) is 5.75 Å². The number of anilines is 2. The number of nitrogens with one attached hydrogen (secondary N) is 1. The summed E-state index contributed by atoms with van der Waals surface area (Å²) in [5.74, 6) is 0.921. The van der Waals surface area contributed by atoms with Gasteiger partial charge in [-0.25, -0.2) is 13.4 Å². The molecule has 0 bridgehead atoms. The zero-order chi connectivity index (χ0) is 12.2. The summed E-state index contributed by atoms with van der Waals surface area (Å²) in [4.78, 5) is 5.99. The highest BCUT2D eigenvalue weighted by Gasteiger charge is 2.06. The number of sulfone groups is 1. The predicted molar refractivity (Wildman–Crippen MR) is 66.8 cm³/mol. The molecule has 1 aromatic rings. The van der Waals surface area contributed by atoms with Crippen molar-refractivity contribution in [2.75, 3.05) is 42.9 Å². The fourth-order valence-electron chi connectivity index (χ4n) is 1.23. The second-order valence-electron chi connectivity index (χ2n) is 3.70. The minimum Gasteiger partial charge on any atom is -0.373 e. The van der Waals surface area contributed by atoms with Crippen LogP contribution in [0.2, 0.25) is 0 Å². The van der Waals surface area contributed by atoms with Crippen LogP contribution in [0.25, 0.3) is 0 Å². The molecule has 0 fully saturated rings. The lowest BCUT2D eigenvalue weighted by Crippen LogP contribution is -2.24. The van der Waals surface area contributed by atoms with E-state index in [1.54, 1.807) is 13.2 Å². The van der Waals surface area contributed by atoms with Gasteiger partial charge in [-0.1, -0.05) is 0 Å². The maximum absolute atomic E-state index is 11.0. The zero-order valence-corrected chi connectivity index (χ0v) is 10.6. The average molecular weight is 243 g/mol. The van der Waals surface area contributed by atoms with Gasteiger partial charge >= 0.3 is 0 Å². The van der Waals surface area contributed by atoms with Crippen molar-refractivity contribution in [2.24, 2.45) is 0 Å². The van der Waals surface area contributed by atoms with Crippen molar-refractivity contribution in [3.8, 4) is 0 Å². The molecule has 1 heterocycles. The number of hydrogen-bond donors (Lipinski definition) is 1. The van der Waals surface area contributed by atoms with Crippen molar-refractivity contribution in [3.63, 3.8) is 0 Å². The maximum Gasteiger partial charge on any atom is 0.149 e. The normalized spacial score (nSPS) is 11.2. The van der Waals surface area contributed by atoms with Gasteiger partial charge in [-0.2, -0.15) is 0 Å². The molecule has 0 aliphatic carbocycles. The van der Waals surface area contributed by atoms with Gasteiger partial charge in [0.2, 0.25) is 0 Å². The summed E-state index contributed by atoms with van der Waals surface area (Å²) in [6.07, 6.45) is 2.94. The van der Waals surface area contributed by atoms with E-state index in [1.807, 2.05) is 24.1 Å². The van der Waals surface area contributed by atoms with E-state index in [0.717, 1.165) is 11.5 Å². The topological polar surface area (TPSA) is 62.3 Å². The standard InChI is InChI=1S/C10H17N3O2S/c1-11-10-8-9(4-5-12-10)13(2)6-7-16(3,14)15/h4-5,8H,6-7H2,1-3H3,(H,11,12). The smallest absolute Gasteiger partial charge is 0.149 e. The van der Waals surface area contributed by atoms with Gasteiger partial charge in [0.15, 0.2) is 0 Å². The molecule has 0 atom stereocenters. The van der Waals surface area contributed by atoms with Crippen molar-refractivity contribution >= 4 is 21.3 Å². The van der Waals surface area contributed by atoms with E-state index >= 15 is 0 Å². The van der Waals surface area contributed by atoms with Crippen molar-refractivity contribution in [1.82, 2.24) is 4.98 Å². The third-order valence-corrected chi connectivity index (χ3v) is 3.16. The molecule has 0 unspecified atom stereocenters.